The highest BCUT2D eigenvalue weighted by molar-refractivity contribution is 7.89. The van der Waals surface area contributed by atoms with Crippen molar-refractivity contribution in [2.45, 2.75) is 5.16 Å². The fourth-order valence-electron chi connectivity index (χ4n) is 1.09. The number of nitrogens with two attached hydrogens (primary N) is 1. The average molecular weight is 224 g/mol. The first-order valence-corrected chi connectivity index (χ1v) is 5.62. The van der Waals surface area contributed by atoms with Crippen molar-refractivity contribution in [3.63, 3.8) is 0 Å². The topological polar surface area (TPSA) is 102 Å². The Labute approximate surface area is 86.2 Å². The van der Waals surface area contributed by atoms with E-state index in [1.54, 1.807) is 12.1 Å². The third-order valence-electron chi connectivity index (χ3n) is 1.77. The molecule has 78 valence electrons. The van der Waals surface area contributed by atoms with Gasteiger partial charge in [-0.1, -0.05) is 30.3 Å². The van der Waals surface area contributed by atoms with E-state index in [4.69, 9.17) is 5.14 Å². The van der Waals surface area contributed by atoms with Crippen molar-refractivity contribution in [1.29, 1.82) is 0 Å². The summed E-state index contributed by atoms with van der Waals surface area (Å²) in [6.45, 7) is 0. The number of hydrogen-bond donors (Lipinski definition) is 2. The Bertz CT molecular complexity index is 561. The Morgan fingerprint density at radius 3 is 2.40 bits per heavy atom. The van der Waals surface area contributed by atoms with Crippen LogP contribution in [0, 0.1) is 0 Å². The summed E-state index contributed by atoms with van der Waals surface area (Å²) in [6, 6.07) is 9.01. The third kappa shape index (κ3) is 2.03. The smallest absolute Gasteiger partial charge is 0.248 e. The molecule has 0 saturated heterocycles. The van der Waals surface area contributed by atoms with E-state index in [9.17, 15) is 8.42 Å². The number of nitrogens with zero attached hydrogens (tertiary/aromatic N) is 2. The number of aromatic amines is 1. The number of nitrogens with one attached hydrogen (secondary N) is 1. The minimum Gasteiger partial charge on any atom is -0.248 e. The molecule has 0 radical (unpaired) electrons. The van der Waals surface area contributed by atoms with Crippen LogP contribution >= 0.6 is 0 Å². The van der Waals surface area contributed by atoms with Gasteiger partial charge in [0.25, 0.3) is 15.2 Å². The predicted molar refractivity (Wildman–Crippen MR) is 53.2 cm³/mol. The van der Waals surface area contributed by atoms with Gasteiger partial charge in [0.2, 0.25) is 0 Å². The van der Waals surface area contributed by atoms with Crippen LogP contribution in [-0.4, -0.2) is 23.6 Å². The van der Waals surface area contributed by atoms with Crippen molar-refractivity contribution in [3.05, 3.63) is 30.3 Å². The maximum absolute atomic E-state index is 10.9. The summed E-state index contributed by atoms with van der Waals surface area (Å²) in [5.74, 6) is 0.305. The first-order valence-electron chi connectivity index (χ1n) is 4.08. The molecule has 0 aliphatic carbocycles. The summed E-state index contributed by atoms with van der Waals surface area (Å²) >= 11 is 0. The van der Waals surface area contributed by atoms with Crippen molar-refractivity contribution >= 4 is 10.0 Å². The van der Waals surface area contributed by atoms with Gasteiger partial charge in [-0.3, -0.25) is 0 Å². The summed E-state index contributed by atoms with van der Waals surface area (Å²) in [4.78, 5) is 3.77. The molecule has 6 nitrogen and oxygen atoms in total. The van der Waals surface area contributed by atoms with E-state index in [0.29, 0.717) is 5.82 Å². The third-order valence-corrected chi connectivity index (χ3v) is 2.49. The summed E-state index contributed by atoms with van der Waals surface area (Å²) < 4.78 is 21.8. The monoisotopic (exact) mass is 224 g/mol. The minimum atomic E-state index is -3.82. The molecule has 15 heavy (non-hydrogen) atoms. The summed E-state index contributed by atoms with van der Waals surface area (Å²) in [5.41, 5.74) is 0.726. The molecule has 0 saturated carbocycles. The number of sulfonamides is 1. The van der Waals surface area contributed by atoms with E-state index >= 15 is 0 Å². The summed E-state index contributed by atoms with van der Waals surface area (Å²) in [6.07, 6.45) is 0. The molecule has 1 aromatic carbocycles. The Hall–Kier alpha value is -1.73. The normalized spacial score (nSPS) is 11.5. The van der Waals surface area contributed by atoms with E-state index in [1.165, 1.54) is 0 Å². The molecule has 0 unspecified atom stereocenters. The van der Waals surface area contributed by atoms with Gasteiger partial charge in [-0.05, 0) is 0 Å². The number of benzene rings is 1. The van der Waals surface area contributed by atoms with Gasteiger partial charge in [0, 0.05) is 5.56 Å². The van der Waals surface area contributed by atoms with Crippen LogP contribution in [0.5, 0.6) is 0 Å². The maximum Gasteiger partial charge on any atom is 0.273 e. The van der Waals surface area contributed by atoms with Gasteiger partial charge in [-0.15, -0.1) is 0 Å². The van der Waals surface area contributed by atoms with Crippen molar-refractivity contribution in [3.8, 4) is 11.4 Å². The molecule has 1 heterocycles. The van der Waals surface area contributed by atoms with Crippen molar-refractivity contribution in [1.82, 2.24) is 15.2 Å². The second-order valence-corrected chi connectivity index (χ2v) is 4.35. The number of H-pyrrole nitrogens is 1. The number of aromatic nitrogens is 3. The molecule has 3 N–H and O–H groups in total. The lowest BCUT2D eigenvalue weighted by atomic mass is 10.2. The highest BCUT2D eigenvalue weighted by Crippen LogP contribution is 2.14. The quantitative estimate of drug-likeness (QED) is 0.756. The average Bonchev–Trinajstić information content (AvgIpc) is 2.67. The lowest BCUT2D eigenvalue weighted by Gasteiger charge is -1.91. The van der Waals surface area contributed by atoms with Gasteiger partial charge in [-0.25, -0.2) is 18.7 Å². The van der Waals surface area contributed by atoms with Crippen LogP contribution < -0.4 is 5.14 Å². The highest BCUT2D eigenvalue weighted by Gasteiger charge is 2.14. The van der Waals surface area contributed by atoms with Gasteiger partial charge in [-0.2, -0.15) is 10.1 Å². The SMILES string of the molecule is NS(=O)(=O)c1nc(-c2ccccc2)n[nH]1. The van der Waals surface area contributed by atoms with Crippen LogP contribution in [0.2, 0.25) is 0 Å². The lowest BCUT2D eigenvalue weighted by molar-refractivity contribution is 0.589. The molecule has 7 heteroatoms. The molecule has 0 bridgehead atoms. The van der Waals surface area contributed by atoms with Crippen molar-refractivity contribution in [2.24, 2.45) is 5.14 Å². The minimum absolute atomic E-state index is 0.305. The van der Waals surface area contributed by atoms with Crippen molar-refractivity contribution in [2.75, 3.05) is 0 Å². The molecule has 0 aliphatic rings. The molecule has 0 atom stereocenters. The Morgan fingerprint density at radius 1 is 1.20 bits per heavy atom. The van der Waals surface area contributed by atoms with Gasteiger partial charge in [0.15, 0.2) is 5.82 Å². The van der Waals surface area contributed by atoms with Crippen LogP contribution in [0.1, 0.15) is 0 Å². The zero-order valence-corrected chi connectivity index (χ0v) is 8.40. The van der Waals surface area contributed by atoms with E-state index in [2.05, 4.69) is 15.2 Å². The predicted octanol–water partition coefficient (Wildman–Crippen LogP) is 0.119. The largest absolute Gasteiger partial charge is 0.273 e. The van der Waals surface area contributed by atoms with E-state index in [-0.39, 0.29) is 5.16 Å². The van der Waals surface area contributed by atoms with Gasteiger partial charge in [0.1, 0.15) is 0 Å². The molecule has 1 aromatic heterocycles. The number of rotatable bonds is 2. The van der Waals surface area contributed by atoms with Crippen molar-refractivity contribution < 1.29 is 8.42 Å². The number of primary sulfonamides is 1. The molecule has 2 rings (SSSR count). The Morgan fingerprint density at radius 2 is 1.87 bits per heavy atom. The molecular formula is C8H8N4O2S. The maximum atomic E-state index is 10.9. The molecule has 2 aromatic rings. The standard InChI is InChI=1S/C8H8N4O2S/c9-15(13,14)8-10-7(11-12-8)6-4-2-1-3-5-6/h1-5H,(H2,9,13,14)(H,10,11,12). The molecule has 0 amide bonds. The van der Waals surface area contributed by atoms with Crippen LogP contribution in [0.25, 0.3) is 11.4 Å². The lowest BCUT2D eigenvalue weighted by Crippen LogP contribution is -2.13. The van der Waals surface area contributed by atoms with Crippen LogP contribution in [0.4, 0.5) is 0 Å². The fraction of sp³-hybridized carbons (Fsp3) is 0. The van der Waals surface area contributed by atoms with Crippen LogP contribution in [0.3, 0.4) is 0 Å². The highest BCUT2D eigenvalue weighted by atomic mass is 32.2. The van der Waals surface area contributed by atoms with Gasteiger partial charge < -0.3 is 0 Å². The number of hydrogen-bond acceptors (Lipinski definition) is 4. The van der Waals surface area contributed by atoms with E-state index in [1.807, 2.05) is 18.2 Å². The van der Waals surface area contributed by atoms with E-state index in [0.717, 1.165) is 5.56 Å². The fourth-order valence-corrected chi connectivity index (χ4v) is 1.48. The molecule has 0 spiro atoms. The zero-order valence-electron chi connectivity index (χ0n) is 7.58. The van der Waals surface area contributed by atoms with Gasteiger partial charge in [0.05, 0.1) is 0 Å². The second-order valence-electron chi connectivity index (χ2n) is 2.88. The molecule has 0 aliphatic heterocycles. The van der Waals surface area contributed by atoms with Crippen LogP contribution in [0.15, 0.2) is 35.5 Å². The Balaban J connectivity index is 2.46. The Kier molecular flexibility index (Phi) is 2.25. The first kappa shape index (κ1) is 9.81. The van der Waals surface area contributed by atoms with Gasteiger partial charge >= 0.3 is 0 Å². The second kappa shape index (κ2) is 3.44. The van der Waals surface area contributed by atoms with E-state index < -0.39 is 10.0 Å². The van der Waals surface area contributed by atoms with Crippen LogP contribution in [-0.2, 0) is 10.0 Å². The summed E-state index contributed by atoms with van der Waals surface area (Å²) in [5, 5.41) is 10.6. The molecule has 0 fully saturated rings. The first-order chi connectivity index (χ1) is 7.07. The zero-order chi connectivity index (χ0) is 10.9. The summed E-state index contributed by atoms with van der Waals surface area (Å²) in [7, 11) is -3.82. The molecular weight excluding hydrogens is 216 g/mol.